The zero-order valence-electron chi connectivity index (χ0n) is 9.65. The number of nitrogens with zero attached hydrogens (tertiary/aromatic N) is 1. The molecule has 0 aromatic heterocycles. The van der Waals surface area contributed by atoms with Crippen LogP contribution < -0.4 is 0 Å². The van der Waals surface area contributed by atoms with Crippen LogP contribution in [0.4, 0.5) is 0 Å². The van der Waals surface area contributed by atoms with Gasteiger partial charge in [0.1, 0.15) is 12.5 Å². The first-order valence-electron chi connectivity index (χ1n) is 5.58. The summed E-state index contributed by atoms with van der Waals surface area (Å²) in [4.78, 5) is 2.22. The molecule has 1 aliphatic rings. The summed E-state index contributed by atoms with van der Waals surface area (Å²) in [5.74, 6) is 0.906. The van der Waals surface area contributed by atoms with Crippen LogP contribution in [-0.4, -0.2) is 35.9 Å². The number of rotatable bonds is 4. The molecule has 86 valence electrons. The third kappa shape index (κ3) is 4.49. The molecule has 1 N–H and O–H groups in total. The minimum atomic E-state index is -0.113. The lowest BCUT2D eigenvalue weighted by Gasteiger charge is -2.29. The molecule has 0 spiro atoms. The van der Waals surface area contributed by atoms with Gasteiger partial charge in [-0.1, -0.05) is 6.08 Å². The van der Waals surface area contributed by atoms with Crippen molar-refractivity contribution in [1.29, 1.82) is 0 Å². The molecule has 1 rings (SSSR count). The Balaban J connectivity index is 2.25. The number of allylic oxidation sites excluding steroid dienone is 3. The molecule has 0 bridgehead atoms. The number of hydrogen-bond donors (Lipinski definition) is 1. The molecule has 1 heterocycles. The lowest BCUT2D eigenvalue weighted by Crippen LogP contribution is -2.37. The van der Waals surface area contributed by atoms with Crippen molar-refractivity contribution < 1.29 is 9.84 Å². The molecule has 1 saturated heterocycles. The van der Waals surface area contributed by atoms with E-state index >= 15 is 0 Å². The maximum absolute atomic E-state index is 9.34. The maximum Gasteiger partial charge on any atom is 0.142 e. The second kappa shape index (κ2) is 6.64. The molecule has 15 heavy (non-hydrogen) atoms. The highest BCUT2D eigenvalue weighted by atomic mass is 16.5. The Labute approximate surface area is 92.0 Å². The Kier molecular flexibility index (Phi) is 5.43. The summed E-state index contributed by atoms with van der Waals surface area (Å²) in [6, 6.07) is 0. The van der Waals surface area contributed by atoms with Gasteiger partial charge in [-0.15, -0.1) is 0 Å². The van der Waals surface area contributed by atoms with E-state index in [1.807, 2.05) is 32.1 Å². The normalized spacial score (nSPS) is 21.1. The lowest BCUT2D eigenvalue weighted by molar-refractivity contribution is 0.0219. The van der Waals surface area contributed by atoms with Crippen LogP contribution >= 0.6 is 0 Å². The van der Waals surface area contributed by atoms with Crippen LogP contribution in [0.2, 0.25) is 0 Å². The van der Waals surface area contributed by atoms with E-state index in [2.05, 4.69) is 4.90 Å². The standard InChI is InChI=1S/C12H21NO2/c1-3-5-12(4-2)15-10-13-8-6-11(14)7-9-13/h3-5,11,14H,6-10H2,1-2H3/b5-3-,12-4+. The van der Waals surface area contributed by atoms with Crippen molar-refractivity contribution in [3.05, 3.63) is 24.0 Å². The van der Waals surface area contributed by atoms with Crippen LogP contribution in [0.15, 0.2) is 24.0 Å². The van der Waals surface area contributed by atoms with Crippen molar-refractivity contribution in [1.82, 2.24) is 4.90 Å². The summed E-state index contributed by atoms with van der Waals surface area (Å²) < 4.78 is 5.62. The Bertz CT molecular complexity index is 228. The van der Waals surface area contributed by atoms with Crippen molar-refractivity contribution in [3.8, 4) is 0 Å². The summed E-state index contributed by atoms with van der Waals surface area (Å²) in [5, 5.41) is 9.34. The highest BCUT2D eigenvalue weighted by Crippen LogP contribution is 2.10. The van der Waals surface area contributed by atoms with Gasteiger partial charge in [0.05, 0.1) is 6.10 Å². The van der Waals surface area contributed by atoms with E-state index < -0.39 is 0 Å². The molecular formula is C12H21NO2. The monoisotopic (exact) mass is 211 g/mol. The Morgan fingerprint density at radius 2 is 2.07 bits per heavy atom. The van der Waals surface area contributed by atoms with Crippen molar-refractivity contribution in [2.45, 2.75) is 32.8 Å². The number of ether oxygens (including phenoxy) is 1. The van der Waals surface area contributed by atoms with Gasteiger partial charge in [-0.05, 0) is 38.8 Å². The molecular weight excluding hydrogens is 190 g/mol. The highest BCUT2D eigenvalue weighted by Gasteiger charge is 2.16. The molecule has 0 radical (unpaired) electrons. The minimum absolute atomic E-state index is 0.113. The summed E-state index contributed by atoms with van der Waals surface area (Å²) in [6.07, 6.45) is 7.49. The lowest BCUT2D eigenvalue weighted by atomic mass is 10.1. The summed E-state index contributed by atoms with van der Waals surface area (Å²) in [7, 11) is 0. The van der Waals surface area contributed by atoms with Crippen LogP contribution in [0.3, 0.4) is 0 Å². The quantitative estimate of drug-likeness (QED) is 0.569. The van der Waals surface area contributed by atoms with Gasteiger partial charge in [-0.2, -0.15) is 0 Å². The van der Waals surface area contributed by atoms with Gasteiger partial charge in [0.25, 0.3) is 0 Å². The molecule has 0 aliphatic carbocycles. The predicted molar refractivity (Wildman–Crippen MR) is 61.3 cm³/mol. The second-order valence-corrected chi connectivity index (χ2v) is 3.81. The molecule has 1 aliphatic heterocycles. The van der Waals surface area contributed by atoms with Crippen LogP contribution in [0.1, 0.15) is 26.7 Å². The first kappa shape index (κ1) is 12.3. The topological polar surface area (TPSA) is 32.7 Å². The highest BCUT2D eigenvalue weighted by molar-refractivity contribution is 5.09. The SMILES string of the molecule is C/C=C\C(=C/C)OCN1CCC(O)CC1. The van der Waals surface area contributed by atoms with Gasteiger partial charge in [0.2, 0.25) is 0 Å². The molecule has 3 heteroatoms. The molecule has 0 amide bonds. The number of likely N-dealkylation sites (tertiary alicyclic amines) is 1. The van der Waals surface area contributed by atoms with E-state index in [4.69, 9.17) is 4.74 Å². The molecule has 3 nitrogen and oxygen atoms in total. The van der Waals surface area contributed by atoms with Crippen LogP contribution in [0.25, 0.3) is 0 Å². The Morgan fingerprint density at radius 1 is 1.40 bits per heavy atom. The molecule has 0 aromatic rings. The number of piperidine rings is 1. The molecule has 0 atom stereocenters. The van der Waals surface area contributed by atoms with Gasteiger partial charge in [-0.25, -0.2) is 0 Å². The van der Waals surface area contributed by atoms with Crippen molar-refractivity contribution in [2.24, 2.45) is 0 Å². The second-order valence-electron chi connectivity index (χ2n) is 3.81. The van der Waals surface area contributed by atoms with Gasteiger partial charge in [0.15, 0.2) is 0 Å². The predicted octanol–water partition coefficient (Wildman–Crippen LogP) is 1.90. The van der Waals surface area contributed by atoms with Crippen molar-refractivity contribution >= 4 is 0 Å². The maximum atomic E-state index is 9.34. The summed E-state index contributed by atoms with van der Waals surface area (Å²) in [5.41, 5.74) is 0. The van der Waals surface area contributed by atoms with Crippen LogP contribution in [0, 0.1) is 0 Å². The summed E-state index contributed by atoms with van der Waals surface area (Å²) in [6.45, 7) is 6.41. The summed E-state index contributed by atoms with van der Waals surface area (Å²) >= 11 is 0. The molecule has 0 saturated carbocycles. The Hall–Kier alpha value is -0.800. The average Bonchev–Trinajstić information content (AvgIpc) is 2.26. The van der Waals surface area contributed by atoms with E-state index in [1.54, 1.807) is 0 Å². The smallest absolute Gasteiger partial charge is 0.142 e. The van der Waals surface area contributed by atoms with E-state index in [0.29, 0.717) is 6.73 Å². The van der Waals surface area contributed by atoms with Crippen molar-refractivity contribution in [2.75, 3.05) is 19.8 Å². The number of hydrogen-bond acceptors (Lipinski definition) is 3. The fourth-order valence-electron chi connectivity index (χ4n) is 1.61. The van der Waals surface area contributed by atoms with Gasteiger partial charge in [0, 0.05) is 13.1 Å². The average molecular weight is 211 g/mol. The zero-order chi connectivity index (χ0) is 11.1. The molecule has 0 aromatic carbocycles. The van der Waals surface area contributed by atoms with Gasteiger partial charge >= 0.3 is 0 Å². The van der Waals surface area contributed by atoms with E-state index in [9.17, 15) is 5.11 Å². The van der Waals surface area contributed by atoms with E-state index in [-0.39, 0.29) is 6.10 Å². The fourth-order valence-corrected chi connectivity index (χ4v) is 1.61. The largest absolute Gasteiger partial charge is 0.479 e. The number of aliphatic hydroxyl groups is 1. The third-order valence-electron chi connectivity index (χ3n) is 2.59. The van der Waals surface area contributed by atoms with Gasteiger partial charge in [-0.3, -0.25) is 4.90 Å². The zero-order valence-corrected chi connectivity index (χ0v) is 9.65. The Morgan fingerprint density at radius 3 is 2.60 bits per heavy atom. The number of aliphatic hydroxyl groups excluding tert-OH is 1. The third-order valence-corrected chi connectivity index (χ3v) is 2.59. The first-order valence-corrected chi connectivity index (χ1v) is 5.58. The molecule has 0 unspecified atom stereocenters. The van der Waals surface area contributed by atoms with E-state index in [0.717, 1.165) is 31.7 Å². The molecule has 1 fully saturated rings. The fraction of sp³-hybridized carbons (Fsp3) is 0.667. The minimum Gasteiger partial charge on any atom is -0.479 e. The first-order chi connectivity index (χ1) is 7.26. The van der Waals surface area contributed by atoms with Crippen molar-refractivity contribution in [3.63, 3.8) is 0 Å². The van der Waals surface area contributed by atoms with Crippen LogP contribution in [-0.2, 0) is 4.74 Å². The van der Waals surface area contributed by atoms with E-state index in [1.165, 1.54) is 0 Å². The van der Waals surface area contributed by atoms with Gasteiger partial charge < -0.3 is 9.84 Å². The van der Waals surface area contributed by atoms with Crippen LogP contribution in [0.5, 0.6) is 0 Å².